The number of methoxy groups -OCH3 is 1. The van der Waals surface area contributed by atoms with Crippen LogP contribution in [-0.4, -0.2) is 48.5 Å². The second-order valence-electron chi connectivity index (χ2n) is 3.58. The molecular formula is C12H15NO6. The first-order valence-corrected chi connectivity index (χ1v) is 5.47. The summed E-state index contributed by atoms with van der Waals surface area (Å²) in [6.07, 6.45) is 0. The molecule has 1 atom stereocenters. The smallest absolute Gasteiger partial charge is 0.328 e. The Morgan fingerprint density at radius 2 is 1.95 bits per heavy atom. The number of carboxylic acid groups (broad SMARTS) is 1. The van der Waals surface area contributed by atoms with Crippen LogP contribution in [0.5, 0.6) is 11.5 Å². The normalized spacial score (nSPS) is 11.5. The molecule has 0 spiro atoms. The Hall–Kier alpha value is -2.28. The number of aliphatic hydroxyl groups is 1. The average molecular weight is 269 g/mol. The van der Waals surface area contributed by atoms with Crippen molar-refractivity contribution in [3.63, 3.8) is 0 Å². The molecule has 0 bridgehead atoms. The third kappa shape index (κ3) is 4.47. The van der Waals surface area contributed by atoms with Gasteiger partial charge in [-0.3, -0.25) is 4.79 Å². The highest BCUT2D eigenvalue weighted by Crippen LogP contribution is 2.25. The Morgan fingerprint density at radius 3 is 2.47 bits per heavy atom. The molecule has 0 aliphatic carbocycles. The first-order valence-electron chi connectivity index (χ1n) is 5.47. The van der Waals surface area contributed by atoms with E-state index < -0.39 is 24.5 Å². The van der Waals surface area contributed by atoms with Gasteiger partial charge in [-0.2, -0.15) is 0 Å². The van der Waals surface area contributed by atoms with Gasteiger partial charge in [-0.25, -0.2) is 4.79 Å². The van der Waals surface area contributed by atoms with Gasteiger partial charge in [-0.1, -0.05) is 12.1 Å². The Morgan fingerprint density at radius 1 is 1.32 bits per heavy atom. The van der Waals surface area contributed by atoms with Crippen molar-refractivity contribution in [3.05, 3.63) is 24.3 Å². The van der Waals surface area contributed by atoms with Crippen LogP contribution in [0.2, 0.25) is 0 Å². The molecule has 0 heterocycles. The molecule has 1 amide bonds. The zero-order chi connectivity index (χ0) is 14.3. The van der Waals surface area contributed by atoms with Crippen molar-refractivity contribution in [2.24, 2.45) is 0 Å². The summed E-state index contributed by atoms with van der Waals surface area (Å²) >= 11 is 0. The zero-order valence-electron chi connectivity index (χ0n) is 10.3. The number of ether oxygens (including phenoxy) is 2. The van der Waals surface area contributed by atoms with Crippen LogP contribution in [0.15, 0.2) is 24.3 Å². The molecule has 0 aliphatic heterocycles. The number of para-hydroxylation sites is 2. The number of hydrogen-bond acceptors (Lipinski definition) is 5. The van der Waals surface area contributed by atoms with E-state index >= 15 is 0 Å². The van der Waals surface area contributed by atoms with Gasteiger partial charge in [0, 0.05) is 0 Å². The van der Waals surface area contributed by atoms with E-state index in [2.05, 4.69) is 5.32 Å². The first-order chi connectivity index (χ1) is 9.08. The van der Waals surface area contributed by atoms with E-state index in [0.29, 0.717) is 11.5 Å². The topological polar surface area (TPSA) is 105 Å². The summed E-state index contributed by atoms with van der Waals surface area (Å²) in [5.74, 6) is -1.12. The van der Waals surface area contributed by atoms with Crippen LogP contribution < -0.4 is 14.8 Å². The highest BCUT2D eigenvalue weighted by atomic mass is 16.5. The van der Waals surface area contributed by atoms with Gasteiger partial charge < -0.3 is 25.0 Å². The molecule has 3 N–H and O–H groups in total. The minimum absolute atomic E-state index is 0.371. The number of carbonyl (C=O) groups is 2. The van der Waals surface area contributed by atoms with Crippen molar-refractivity contribution in [3.8, 4) is 11.5 Å². The molecular weight excluding hydrogens is 254 g/mol. The zero-order valence-corrected chi connectivity index (χ0v) is 10.3. The summed E-state index contributed by atoms with van der Waals surface area (Å²) < 4.78 is 10.2. The number of aliphatic carboxylic acids is 1. The van der Waals surface area contributed by atoms with Crippen molar-refractivity contribution in [2.75, 3.05) is 20.3 Å². The van der Waals surface area contributed by atoms with Crippen molar-refractivity contribution in [1.82, 2.24) is 5.32 Å². The first kappa shape index (κ1) is 14.8. The van der Waals surface area contributed by atoms with Crippen molar-refractivity contribution < 1.29 is 29.3 Å². The summed E-state index contributed by atoms with van der Waals surface area (Å²) in [7, 11) is 1.47. The molecule has 0 saturated heterocycles. The Labute approximate surface area is 109 Å². The highest BCUT2D eigenvalue weighted by Gasteiger charge is 2.19. The molecule has 7 heteroatoms. The van der Waals surface area contributed by atoms with Crippen LogP contribution in [0.1, 0.15) is 0 Å². The fourth-order valence-corrected chi connectivity index (χ4v) is 1.30. The minimum atomic E-state index is -1.34. The summed E-state index contributed by atoms with van der Waals surface area (Å²) in [5.41, 5.74) is 0. The lowest BCUT2D eigenvalue weighted by atomic mass is 10.3. The van der Waals surface area contributed by atoms with E-state index in [1.165, 1.54) is 7.11 Å². The van der Waals surface area contributed by atoms with Gasteiger partial charge in [0.1, 0.15) is 6.04 Å². The number of carboxylic acids is 1. The monoisotopic (exact) mass is 269 g/mol. The number of benzene rings is 1. The Kier molecular flexibility index (Phi) is 5.62. The van der Waals surface area contributed by atoms with E-state index in [-0.39, 0.29) is 6.61 Å². The molecule has 0 saturated carbocycles. The molecule has 1 aromatic carbocycles. The minimum Gasteiger partial charge on any atom is -0.493 e. The molecule has 104 valence electrons. The molecule has 0 unspecified atom stereocenters. The van der Waals surface area contributed by atoms with Crippen LogP contribution in [-0.2, 0) is 9.59 Å². The molecule has 0 aromatic heterocycles. The van der Waals surface area contributed by atoms with Gasteiger partial charge in [-0.05, 0) is 12.1 Å². The van der Waals surface area contributed by atoms with E-state index in [1.807, 2.05) is 0 Å². The number of carbonyl (C=O) groups excluding carboxylic acids is 1. The number of hydrogen-bond donors (Lipinski definition) is 3. The number of rotatable bonds is 7. The number of nitrogens with one attached hydrogen (secondary N) is 1. The predicted molar refractivity (Wildman–Crippen MR) is 65.1 cm³/mol. The number of amides is 1. The second kappa shape index (κ2) is 7.22. The third-order valence-corrected chi connectivity index (χ3v) is 2.24. The van der Waals surface area contributed by atoms with Crippen LogP contribution in [0.3, 0.4) is 0 Å². The van der Waals surface area contributed by atoms with Gasteiger partial charge in [0.2, 0.25) is 0 Å². The van der Waals surface area contributed by atoms with Crippen LogP contribution in [0.4, 0.5) is 0 Å². The average Bonchev–Trinajstić information content (AvgIpc) is 2.42. The molecule has 1 rings (SSSR count). The third-order valence-electron chi connectivity index (χ3n) is 2.24. The molecule has 0 aliphatic rings. The lowest BCUT2D eigenvalue weighted by Crippen LogP contribution is -2.45. The summed E-state index contributed by atoms with van der Waals surface area (Å²) in [4.78, 5) is 22.0. The van der Waals surface area contributed by atoms with Gasteiger partial charge in [0.05, 0.1) is 13.7 Å². The van der Waals surface area contributed by atoms with Crippen LogP contribution in [0.25, 0.3) is 0 Å². The lowest BCUT2D eigenvalue weighted by Gasteiger charge is -2.13. The fraction of sp³-hybridized carbons (Fsp3) is 0.333. The summed E-state index contributed by atoms with van der Waals surface area (Å²) in [6, 6.07) is 5.41. The molecule has 0 fully saturated rings. The summed E-state index contributed by atoms with van der Waals surface area (Å²) in [6.45, 7) is -1.06. The Bertz CT molecular complexity index is 448. The SMILES string of the molecule is COc1ccccc1OCC(=O)N[C@@H](CO)C(=O)O. The highest BCUT2D eigenvalue weighted by molar-refractivity contribution is 5.84. The summed E-state index contributed by atoms with van der Waals surface area (Å²) in [5, 5.41) is 19.5. The fourth-order valence-electron chi connectivity index (χ4n) is 1.30. The largest absolute Gasteiger partial charge is 0.493 e. The predicted octanol–water partition coefficient (Wildman–Crippen LogP) is -0.364. The van der Waals surface area contributed by atoms with E-state index in [4.69, 9.17) is 19.7 Å². The van der Waals surface area contributed by atoms with Crippen LogP contribution in [0, 0.1) is 0 Å². The van der Waals surface area contributed by atoms with Gasteiger partial charge in [0.25, 0.3) is 5.91 Å². The Balaban J connectivity index is 2.52. The quantitative estimate of drug-likeness (QED) is 0.624. The van der Waals surface area contributed by atoms with Crippen molar-refractivity contribution in [2.45, 2.75) is 6.04 Å². The standard InChI is InChI=1S/C12H15NO6/c1-18-9-4-2-3-5-10(9)19-7-11(15)13-8(6-14)12(16)17/h2-5,8,14H,6-7H2,1H3,(H,13,15)(H,16,17)/t8-/m0/s1. The number of aliphatic hydroxyl groups excluding tert-OH is 1. The van der Waals surface area contributed by atoms with Gasteiger partial charge >= 0.3 is 5.97 Å². The van der Waals surface area contributed by atoms with Crippen LogP contribution >= 0.6 is 0 Å². The molecule has 7 nitrogen and oxygen atoms in total. The maximum atomic E-state index is 11.4. The second-order valence-corrected chi connectivity index (χ2v) is 3.58. The van der Waals surface area contributed by atoms with Gasteiger partial charge in [-0.15, -0.1) is 0 Å². The maximum Gasteiger partial charge on any atom is 0.328 e. The molecule has 0 radical (unpaired) electrons. The van der Waals surface area contributed by atoms with E-state index in [1.54, 1.807) is 24.3 Å². The van der Waals surface area contributed by atoms with E-state index in [9.17, 15) is 9.59 Å². The molecule has 19 heavy (non-hydrogen) atoms. The molecule has 1 aromatic rings. The van der Waals surface area contributed by atoms with Gasteiger partial charge in [0.15, 0.2) is 18.1 Å². The van der Waals surface area contributed by atoms with Crippen molar-refractivity contribution in [1.29, 1.82) is 0 Å². The van der Waals surface area contributed by atoms with E-state index in [0.717, 1.165) is 0 Å². The van der Waals surface area contributed by atoms with Crippen molar-refractivity contribution >= 4 is 11.9 Å². The lowest BCUT2D eigenvalue weighted by molar-refractivity contribution is -0.143. The maximum absolute atomic E-state index is 11.4.